The number of nitrogens with zero attached hydrogens (tertiary/aromatic N) is 5. The van der Waals surface area contributed by atoms with Gasteiger partial charge in [-0.2, -0.15) is 0 Å². The lowest BCUT2D eigenvalue weighted by molar-refractivity contribution is 0.302. The average molecular weight is 312 g/mol. The lowest BCUT2D eigenvalue weighted by Crippen LogP contribution is -2.32. The molecule has 7 heteroatoms. The molecule has 0 saturated carbocycles. The number of fused-ring (bicyclic) bond motifs is 1. The van der Waals surface area contributed by atoms with E-state index in [2.05, 4.69) is 39.0 Å². The van der Waals surface area contributed by atoms with E-state index in [-0.39, 0.29) is 5.92 Å². The van der Waals surface area contributed by atoms with Gasteiger partial charge in [-0.25, -0.2) is 9.61 Å². The Balaban J connectivity index is 1.93. The molecule has 120 valence electrons. The Morgan fingerprint density at radius 3 is 3.04 bits per heavy atom. The topological polar surface area (TPSA) is 81.7 Å². The standard InChI is InChI=1S/C16H20N6O/c1-10(2)14-15(21-23-20-14)16-19-12-9-18-7-5-13(12)22(16)11-4-3-6-17-8-11/h5,7,9-11,17H,3-4,6,8H2,1-2H3. The number of hydrogen-bond acceptors (Lipinski definition) is 6. The van der Waals surface area contributed by atoms with E-state index >= 15 is 0 Å². The third-order valence-electron chi connectivity index (χ3n) is 4.40. The van der Waals surface area contributed by atoms with Crippen molar-refractivity contribution >= 4 is 11.0 Å². The third kappa shape index (κ3) is 2.41. The molecule has 1 atom stereocenters. The van der Waals surface area contributed by atoms with E-state index in [1.807, 2.05) is 12.3 Å². The van der Waals surface area contributed by atoms with Crippen LogP contribution in [-0.4, -0.2) is 37.9 Å². The van der Waals surface area contributed by atoms with Gasteiger partial charge in [0, 0.05) is 24.7 Å². The summed E-state index contributed by atoms with van der Waals surface area (Å²) < 4.78 is 7.29. The van der Waals surface area contributed by atoms with Crippen molar-refractivity contribution < 1.29 is 4.63 Å². The van der Waals surface area contributed by atoms with Crippen molar-refractivity contribution in [3.8, 4) is 11.5 Å². The van der Waals surface area contributed by atoms with Gasteiger partial charge >= 0.3 is 0 Å². The molecule has 1 aliphatic rings. The second kappa shape index (κ2) is 5.73. The highest BCUT2D eigenvalue weighted by Crippen LogP contribution is 2.32. The van der Waals surface area contributed by atoms with Gasteiger partial charge in [0.2, 0.25) is 0 Å². The molecule has 23 heavy (non-hydrogen) atoms. The molecule has 0 aromatic carbocycles. The van der Waals surface area contributed by atoms with Crippen LogP contribution in [0.3, 0.4) is 0 Å². The zero-order valence-electron chi connectivity index (χ0n) is 13.4. The molecule has 1 N–H and O–H groups in total. The van der Waals surface area contributed by atoms with Crippen molar-refractivity contribution in [3.63, 3.8) is 0 Å². The Labute approximate surface area is 134 Å². The molecule has 7 nitrogen and oxygen atoms in total. The average Bonchev–Trinajstić information content (AvgIpc) is 3.20. The highest BCUT2D eigenvalue weighted by atomic mass is 16.6. The summed E-state index contributed by atoms with van der Waals surface area (Å²) in [6, 6.07) is 2.37. The zero-order chi connectivity index (χ0) is 15.8. The molecule has 0 spiro atoms. The number of hydrogen-bond donors (Lipinski definition) is 1. The normalized spacial score (nSPS) is 18.8. The van der Waals surface area contributed by atoms with Gasteiger partial charge in [0.05, 0.1) is 11.7 Å². The first-order valence-electron chi connectivity index (χ1n) is 8.11. The maximum Gasteiger partial charge on any atom is 0.174 e. The smallest absolute Gasteiger partial charge is 0.174 e. The Kier molecular flexibility index (Phi) is 3.57. The first-order valence-corrected chi connectivity index (χ1v) is 8.11. The molecule has 3 aromatic rings. The fourth-order valence-corrected chi connectivity index (χ4v) is 3.27. The SMILES string of the molecule is CC(C)c1nonc1-c1nc2cnccc2n1C1CCCNC1. The molecule has 0 amide bonds. The summed E-state index contributed by atoms with van der Waals surface area (Å²) in [5.74, 6) is 1.05. The van der Waals surface area contributed by atoms with Crippen LogP contribution in [0.4, 0.5) is 0 Å². The lowest BCUT2D eigenvalue weighted by atomic mass is 10.1. The highest BCUT2D eigenvalue weighted by molar-refractivity contribution is 5.79. The fraction of sp³-hybridized carbons (Fsp3) is 0.500. The number of nitrogens with one attached hydrogen (secondary N) is 1. The molecule has 1 unspecified atom stereocenters. The molecule has 3 aromatic heterocycles. The zero-order valence-corrected chi connectivity index (χ0v) is 13.4. The summed E-state index contributed by atoms with van der Waals surface area (Å²) in [4.78, 5) is 8.98. The third-order valence-corrected chi connectivity index (χ3v) is 4.40. The van der Waals surface area contributed by atoms with Crippen LogP contribution in [0, 0.1) is 0 Å². The second-order valence-corrected chi connectivity index (χ2v) is 6.32. The van der Waals surface area contributed by atoms with Crippen LogP contribution in [-0.2, 0) is 0 Å². The molecule has 1 saturated heterocycles. The predicted molar refractivity (Wildman–Crippen MR) is 86.0 cm³/mol. The maximum atomic E-state index is 5.02. The number of rotatable bonds is 3. The molecule has 4 heterocycles. The minimum absolute atomic E-state index is 0.229. The van der Waals surface area contributed by atoms with Crippen LogP contribution in [0.25, 0.3) is 22.6 Å². The summed E-state index contributed by atoms with van der Waals surface area (Å²) in [6.07, 6.45) is 5.89. The summed E-state index contributed by atoms with van der Waals surface area (Å²) in [5.41, 5.74) is 3.55. The summed E-state index contributed by atoms with van der Waals surface area (Å²) >= 11 is 0. The number of pyridine rings is 1. The van der Waals surface area contributed by atoms with Crippen molar-refractivity contribution in [2.45, 2.75) is 38.6 Å². The molecular weight excluding hydrogens is 292 g/mol. The summed E-state index contributed by atoms with van der Waals surface area (Å²) in [5, 5.41) is 11.7. The number of aromatic nitrogens is 5. The molecular formula is C16H20N6O. The van der Waals surface area contributed by atoms with E-state index in [9.17, 15) is 0 Å². The van der Waals surface area contributed by atoms with Crippen LogP contribution in [0.5, 0.6) is 0 Å². The number of imidazole rings is 1. The fourth-order valence-electron chi connectivity index (χ4n) is 3.27. The van der Waals surface area contributed by atoms with Gasteiger partial charge < -0.3 is 9.88 Å². The summed E-state index contributed by atoms with van der Waals surface area (Å²) in [6.45, 7) is 6.17. The Bertz CT molecular complexity index is 815. The van der Waals surface area contributed by atoms with E-state index in [4.69, 9.17) is 9.61 Å². The monoisotopic (exact) mass is 312 g/mol. The molecule has 1 fully saturated rings. The van der Waals surface area contributed by atoms with Gasteiger partial charge in [0.25, 0.3) is 0 Å². The Hall–Kier alpha value is -2.28. The van der Waals surface area contributed by atoms with Gasteiger partial charge in [-0.3, -0.25) is 4.98 Å². The van der Waals surface area contributed by atoms with Crippen molar-refractivity contribution in [2.75, 3.05) is 13.1 Å². The van der Waals surface area contributed by atoms with E-state index in [0.29, 0.717) is 6.04 Å². The van der Waals surface area contributed by atoms with Crippen molar-refractivity contribution in [2.24, 2.45) is 0 Å². The minimum atomic E-state index is 0.229. The van der Waals surface area contributed by atoms with E-state index in [1.54, 1.807) is 6.20 Å². The van der Waals surface area contributed by atoms with Crippen LogP contribution >= 0.6 is 0 Å². The molecule has 1 aliphatic heterocycles. The maximum absolute atomic E-state index is 5.02. The first-order chi connectivity index (χ1) is 11.3. The highest BCUT2D eigenvalue weighted by Gasteiger charge is 2.26. The van der Waals surface area contributed by atoms with Crippen LogP contribution in [0.15, 0.2) is 23.1 Å². The van der Waals surface area contributed by atoms with Gasteiger partial charge in [-0.1, -0.05) is 19.0 Å². The second-order valence-electron chi connectivity index (χ2n) is 6.32. The largest absolute Gasteiger partial charge is 0.318 e. The van der Waals surface area contributed by atoms with Gasteiger partial charge in [0.15, 0.2) is 11.5 Å². The van der Waals surface area contributed by atoms with Gasteiger partial charge in [0.1, 0.15) is 11.2 Å². The van der Waals surface area contributed by atoms with Crippen LogP contribution in [0.1, 0.15) is 44.3 Å². The van der Waals surface area contributed by atoms with Crippen molar-refractivity contribution in [3.05, 3.63) is 24.2 Å². The van der Waals surface area contributed by atoms with E-state index < -0.39 is 0 Å². The molecule has 0 radical (unpaired) electrons. The van der Waals surface area contributed by atoms with E-state index in [1.165, 1.54) is 0 Å². The van der Waals surface area contributed by atoms with Crippen molar-refractivity contribution in [1.29, 1.82) is 0 Å². The first kappa shape index (κ1) is 14.3. The number of piperidine rings is 1. The van der Waals surface area contributed by atoms with Gasteiger partial charge in [-0.05, 0) is 30.6 Å². The molecule has 0 aliphatic carbocycles. The quantitative estimate of drug-likeness (QED) is 0.800. The van der Waals surface area contributed by atoms with E-state index in [0.717, 1.165) is 54.2 Å². The predicted octanol–water partition coefficient (Wildman–Crippen LogP) is 2.53. The molecule has 0 bridgehead atoms. The van der Waals surface area contributed by atoms with Gasteiger partial charge in [-0.15, -0.1) is 0 Å². The lowest BCUT2D eigenvalue weighted by Gasteiger charge is -2.26. The van der Waals surface area contributed by atoms with Crippen LogP contribution < -0.4 is 5.32 Å². The Morgan fingerprint density at radius 2 is 2.26 bits per heavy atom. The van der Waals surface area contributed by atoms with Crippen LogP contribution in [0.2, 0.25) is 0 Å². The van der Waals surface area contributed by atoms with Crippen molar-refractivity contribution in [1.82, 2.24) is 30.2 Å². The minimum Gasteiger partial charge on any atom is -0.318 e. The molecule has 4 rings (SSSR count). The summed E-state index contributed by atoms with van der Waals surface area (Å²) in [7, 11) is 0. The Morgan fingerprint density at radius 1 is 1.35 bits per heavy atom.